The maximum atomic E-state index is 11.7. The summed E-state index contributed by atoms with van der Waals surface area (Å²) in [5.41, 5.74) is 0.878. The molecule has 0 bridgehead atoms. The molecule has 0 saturated carbocycles. The van der Waals surface area contributed by atoms with Crippen LogP contribution in [0.1, 0.15) is 29.3 Å². The minimum atomic E-state index is -0.504. The molecule has 2 rings (SSSR count). The van der Waals surface area contributed by atoms with Crippen molar-refractivity contribution in [2.45, 2.75) is 13.3 Å². The first-order valence-corrected chi connectivity index (χ1v) is 8.59. The Bertz CT molecular complexity index is 871. The topological polar surface area (TPSA) is 102 Å². The Morgan fingerprint density at radius 3 is 2.50 bits per heavy atom. The van der Waals surface area contributed by atoms with Crippen LogP contribution in [0.5, 0.6) is 23.0 Å². The highest BCUT2D eigenvalue weighted by atomic mass is 16.5. The molecule has 0 saturated heterocycles. The number of esters is 1. The zero-order valence-corrected chi connectivity index (χ0v) is 15.7. The lowest BCUT2D eigenvalue weighted by atomic mass is 10.1. The van der Waals surface area contributed by atoms with Crippen molar-refractivity contribution in [3.63, 3.8) is 0 Å². The van der Waals surface area contributed by atoms with Crippen molar-refractivity contribution in [3.05, 3.63) is 53.6 Å². The van der Waals surface area contributed by atoms with E-state index < -0.39 is 5.97 Å². The second-order valence-electron chi connectivity index (χ2n) is 5.87. The van der Waals surface area contributed by atoms with Gasteiger partial charge in [-0.25, -0.2) is 4.79 Å². The summed E-state index contributed by atoms with van der Waals surface area (Å²) in [4.78, 5) is 23.1. The summed E-state index contributed by atoms with van der Waals surface area (Å²) in [7, 11) is 1.44. The van der Waals surface area contributed by atoms with E-state index in [9.17, 15) is 19.8 Å². The van der Waals surface area contributed by atoms with Crippen molar-refractivity contribution >= 4 is 17.8 Å². The van der Waals surface area contributed by atoms with Crippen molar-refractivity contribution in [2.75, 3.05) is 20.3 Å². The summed E-state index contributed by atoms with van der Waals surface area (Å²) in [6.45, 7) is 1.81. The first kappa shape index (κ1) is 20.8. The van der Waals surface area contributed by atoms with E-state index in [1.165, 1.54) is 38.3 Å². The summed E-state index contributed by atoms with van der Waals surface area (Å²) < 4.78 is 15.6. The zero-order valence-electron chi connectivity index (χ0n) is 15.7. The quantitative estimate of drug-likeness (QED) is 0.295. The number of aromatic hydroxyl groups is 2. The molecule has 148 valence electrons. The van der Waals surface area contributed by atoms with Gasteiger partial charge in [-0.3, -0.25) is 4.79 Å². The van der Waals surface area contributed by atoms with Gasteiger partial charge in [-0.15, -0.1) is 0 Å². The van der Waals surface area contributed by atoms with Gasteiger partial charge >= 0.3 is 5.97 Å². The average Bonchev–Trinajstić information content (AvgIpc) is 2.68. The normalized spacial score (nSPS) is 10.6. The molecule has 0 amide bonds. The molecule has 0 fully saturated rings. The number of hydrogen-bond acceptors (Lipinski definition) is 7. The smallest absolute Gasteiger partial charge is 0.330 e. The molecule has 0 spiro atoms. The summed E-state index contributed by atoms with van der Waals surface area (Å²) in [6, 6.07) is 9.14. The molecule has 0 aliphatic rings. The molecule has 0 heterocycles. The van der Waals surface area contributed by atoms with E-state index in [1.54, 1.807) is 24.3 Å². The first-order chi connectivity index (χ1) is 13.4. The molecule has 0 atom stereocenters. The lowest BCUT2D eigenvalue weighted by Gasteiger charge is -2.08. The van der Waals surface area contributed by atoms with Crippen molar-refractivity contribution < 1.29 is 34.0 Å². The fraction of sp³-hybridized carbons (Fsp3) is 0.238. The van der Waals surface area contributed by atoms with Gasteiger partial charge in [0.15, 0.2) is 17.3 Å². The van der Waals surface area contributed by atoms with Gasteiger partial charge in [0.2, 0.25) is 0 Å². The standard InChI is InChI=1S/C21H22O7/c1-14(22)17-13-16(6-8-18(17)23)27-10-3-11-28-21(25)9-5-15-4-7-19(24)20(12-15)26-2/h4-9,12-13,23-24H,3,10-11H2,1-2H3/b9-5+. The third-order valence-corrected chi connectivity index (χ3v) is 3.76. The Balaban J connectivity index is 1.74. The zero-order chi connectivity index (χ0) is 20.5. The van der Waals surface area contributed by atoms with Crippen LogP contribution in [-0.4, -0.2) is 42.3 Å². The van der Waals surface area contributed by atoms with Crippen LogP contribution in [0.25, 0.3) is 6.08 Å². The van der Waals surface area contributed by atoms with Crippen LogP contribution >= 0.6 is 0 Å². The maximum absolute atomic E-state index is 11.7. The van der Waals surface area contributed by atoms with Gasteiger partial charge in [-0.1, -0.05) is 6.07 Å². The van der Waals surface area contributed by atoms with E-state index in [1.807, 2.05) is 0 Å². The molecule has 0 aliphatic carbocycles. The van der Waals surface area contributed by atoms with E-state index in [-0.39, 0.29) is 36.1 Å². The molecule has 7 nitrogen and oxygen atoms in total. The Hall–Kier alpha value is -3.48. The molecule has 0 unspecified atom stereocenters. The van der Waals surface area contributed by atoms with Gasteiger partial charge in [0, 0.05) is 12.5 Å². The molecule has 0 aromatic heterocycles. The van der Waals surface area contributed by atoms with Crippen LogP contribution in [0.2, 0.25) is 0 Å². The number of hydrogen-bond donors (Lipinski definition) is 2. The third kappa shape index (κ3) is 6.05. The molecule has 2 aromatic carbocycles. The highest BCUT2D eigenvalue weighted by molar-refractivity contribution is 5.97. The largest absolute Gasteiger partial charge is 0.507 e. The first-order valence-electron chi connectivity index (χ1n) is 8.59. The molecular formula is C21H22O7. The van der Waals surface area contributed by atoms with Crippen LogP contribution in [0.15, 0.2) is 42.5 Å². The van der Waals surface area contributed by atoms with Crippen LogP contribution in [0, 0.1) is 0 Å². The minimum absolute atomic E-state index is 0.0197. The van der Waals surface area contributed by atoms with E-state index in [2.05, 4.69) is 0 Å². The van der Waals surface area contributed by atoms with Gasteiger partial charge in [0.1, 0.15) is 11.5 Å². The number of benzene rings is 2. The number of Topliss-reactive ketones (excluding diaryl/α,β-unsaturated/α-hetero) is 1. The van der Waals surface area contributed by atoms with Crippen LogP contribution in [0.4, 0.5) is 0 Å². The lowest BCUT2D eigenvalue weighted by molar-refractivity contribution is -0.137. The lowest BCUT2D eigenvalue weighted by Crippen LogP contribution is -2.07. The number of carbonyl (C=O) groups excluding carboxylic acids is 2. The van der Waals surface area contributed by atoms with Crippen molar-refractivity contribution in [1.82, 2.24) is 0 Å². The fourth-order valence-corrected chi connectivity index (χ4v) is 2.32. The Morgan fingerprint density at radius 2 is 1.79 bits per heavy atom. The molecule has 7 heteroatoms. The number of methoxy groups -OCH3 is 1. The number of rotatable bonds is 9. The SMILES string of the molecule is COc1cc(/C=C/C(=O)OCCCOc2ccc(O)c(C(C)=O)c2)ccc1O. The van der Waals surface area contributed by atoms with Gasteiger partial charge < -0.3 is 24.4 Å². The predicted molar refractivity (Wildman–Crippen MR) is 103 cm³/mol. The highest BCUT2D eigenvalue weighted by Crippen LogP contribution is 2.26. The Morgan fingerprint density at radius 1 is 1.04 bits per heavy atom. The van der Waals surface area contributed by atoms with Gasteiger partial charge in [0.25, 0.3) is 0 Å². The summed E-state index contributed by atoms with van der Waals surface area (Å²) in [6.07, 6.45) is 3.30. The Labute approximate surface area is 162 Å². The van der Waals surface area contributed by atoms with E-state index in [4.69, 9.17) is 14.2 Å². The molecule has 2 N–H and O–H groups in total. The van der Waals surface area contributed by atoms with Crippen LogP contribution in [0.3, 0.4) is 0 Å². The van der Waals surface area contributed by atoms with Crippen molar-refractivity contribution in [2.24, 2.45) is 0 Å². The van der Waals surface area contributed by atoms with Gasteiger partial charge in [0.05, 0.1) is 25.9 Å². The number of ketones is 1. The van der Waals surface area contributed by atoms with Gasteiger partial charge in [-0.2, -0.15) is 0 Å². The van der Waals surface area contributed by atoms with Crippen molar-refractivity contribution in [1.29, 1.82) is 0 Å². The molecule has 28 heavy (non-hydrogen) atoms. The highest BCUT2D eigenvalue weighted by Gasteiger charge is 2.08. The number of ether oxygens (including phenoxy) is 3. The van der Waals surface area contributed by atoms with E-state index in [0.29, 0.717) is 23.5 Å². The second kappa shape index (κ2) is 10.0. The van der Waals surface area contributed by atoms with Crippen molar-refractivity contribution in [3.8, 4) is 23.0 Å². The number of carbonyl (C=O) groups is 2. The fourth-order valence-electron chi connectivity index (χ4n) is 2.32. The predicted octanol–water partition coefficient (Wildman–Crippen LogP) is 3.33. The number of phenols is 2. The molecule has 0 aliphatic heterocycles. The monoisotopic (exact) mass is 386 g/mol. The summed E-state index contributed by atoms with van der Waals surface area (Å²) in [5, 5.41) is 19.1. The molecule has 2 aromatic rings. The van der Waals surface area contributed by atoms with E-state index >= 15 is 0 Å². The number of phenolic OH excluding ortho intramolecular Hbond substituents is 2. The van der Waals surface area contributed by atoms with E-state index in [0.717, 1.165) is 0 Å². The molecule has 0 radical (unpaired) electrons. The van der Waals surface area contributed by atoms with Crippen LogP contribution < -0.4 is 9.47 Å². The average molecular weight is 386 g/mol. The second-order valence-corrected chi connectivity index (χ2v) is 5.87. The molecular weight excluding hydrogens is 364 g/mol. The maximum Gasteiger partial charge on any atom is 0.330 e. The third-order valence-electron chi connectivity index (χ3n) is 3.76. The minimum Gasteiger partial charge on any atom is -0.507 e. The summed E-state index contributed by atoms with van der Waals surface area (Å²) in [5.74, 6) is -0.0612. The Kier molecular flexibility index (Phi) is 7.45. The van der Waals surface area contributed by atoms with Gasteiger partial charge in [-0.05, 0) is 48.9 Å². The summed E-state index contributed by atoms with van der Waals surface area (Å²) >= 11 is 0. The van der Waals surface area contributed by atoms with Crippen LogP contribution in [-0.2, 0) is 9.53 Å².